The first-order valence-corrected chi connectivity index (χ1v) is 8.41. The van der Waals surface area contributed by atoms with Crippen LogP contribution in [-0.4, -0.2) is 35.0 Å². The van der Waals surface area contributed by atoms with Gasteiger partial charge in [0.15, 0.2) is 11.6 Å². The van der Waals surface area contributed by atoms with Gasteiger partial charge in [-0.3, -0.25) is 9.59 Å². The van der Waals surface area contributed by atoms with E-state index in [0.717, 1.165) is 18.9 Å². The Kier molecular flexibility index (Phi) is 4.83. The molecule has 3 rings (SSSR count). The highest BCUT2D eigenvalue weighted by molar-refractivity contribution is 5.83. The molecule has 1 heterocycles. The maximum absolute atomic E-state index is 13.3. The molecule has 1 aromatic rings. The molecule has 2 aliphatic rings. The molecule has 1 aliphatic heterocycles. The lowest BCUT2D eigenvalue weighted by atomic mass is 9.93. The Bertz CT molecular complexity index is 649. The molecule has 0 bridgehead atoms. The van der Waals surface area contributed by atoms with Gasteiger partial charge in [0, 0.05) is 25.4 Å². The molecule has 2 fully saturated rings. The summed E-state index contributed by atoms with van der Waals surface area (Å²) >= 11 is 0. The summed E-state index contributed by atoms with van der Waals surface area (Å²) in [4.78, 5) is 25.1. The standard InChI is InChI=1S/C18H21F2NO3/c19-15-5-4-12(8-16(15)20)13-9-14(13)18(24)21-7-1-2-11(10-21)3-6-17(22)23/h4-5,8,11,13-14H,1-3,6-7,9-10H2,(H,22,23). The molecule has 1 saturated carbocycles. The number of carbonyl (C=O) groups is 2. The van der Waals surface area contributed by atoms with E-state index in [-0.39, 0.29) is 30.1 Å². The molecular weight excluding hydrogens is 316 g/mol. The second-order valence-electron chi connectivity index (χ2n) is 6.85. The number of nitrogens with zero attached hydrogens (tertiary/aromatic N) is 1. The van der Waals surface area contributed by atoms with Gasteiger partial charge in [-0.1, -0.05) is 6.07 Å². The van der Waals surface area contributed by atoms with Crippen molar-refractivity contribution < 1.29 is 23.5 Å². The van der Waals surface area contributed by atoms with Crippen LogP contribution in [0.15, 0.2) is 18.2 Å². The maximum Gasteiger partial charge on any atom is 0.303 e. The third-order valence-corrected chi connectivity index (χ3v) is 5.08. The number of carbonyl (C=O) groups excluding carboxylic acids is 1. The molecule has 6 heteroatoms. The van der Waals surface area contributed by atoms with Crippen LogP contribution in [0.4, 0.5) is 8.78 Å². The van der Waals surface area contributed by atoms with Crippen LogP contribution in [0.25, 0.3) is 0 Å². The predicted octanol–water partition coefficient (Wildman–Crippen LogP) is 3.17. The van der Waals surface area contributed by atoms with E-state index in [1.54, 1.807) is 6.07 Å². The molecular formula is C18H21F2NO3. The van der Waals surface area contributed by atoms with Crippen LogP contribution >= 0.6 is 0 Å². The first-order valence-electron chi connectivity index (χ1n) is 8.41. The zero-order chi connectivity index (χ0) is 17.3. The number of benzene rings is 1. The molecule has 0 radical (unpaired) electrons. The number of amides is 1. The zero-order valence-electron chi connectivity index (χ0n) is 13.4. The third kappa shape index (κ3) is 3.74. The Balaban J connectivity index is 1.57. The van der Waals surface area contributed by atoms with E-state index in [9.17, 15) is 18.4 Å². The number of halogens is 2. The summed E-state index contributed by atoms with van der Waals surface area (Å²) < 4.78 is 26.3. The van der Waals surface area contributed by atoms with E-state index >= 15 is 0 Å². The van der Waals surface area contributed by atoms with Gasteiger partial charge in [-0.25, -0.2) is 8.78 Å². The number of carboxylic acids is 1. The summed E-state index contributed by atoms with van der Waals surface area (Å²) in [5, 5.41) is 8.78. The highest BCUT2D eigenvalue weighted by Gasteiger charge is 2.46. The summed E-state index contributed by atoms with van der Waals surface area (Å²) in [6.07, 6.45) is 3.23. The fraction of sp³-hybridized carbons (Fsp3) is 0.556. The van der Waals surface area contributed by atoms with Crippen molar-refractivity contribution in [3.8, 4) is 0 Å². The first-order chi connectivity index (χ1) is 11.5. The van der Waals surface area contributed by atoms with Crippen molar-refractivity contribution in [2.45, 2.75) is 38.0 Å². The minimum atomic E-state index is -0.877. The van der Waals surface area contributed by atoms with E-state index in [2.05, 4.69) is 0 Å². The largest absolute Gasteiger partial charge is 0.481 e. The van der Waals surface area contributed by atoms with E-state index < -0.39 is 17.6 Å². The van der Waals surface area contributed by atoms with Crippen molar-refractivity contribution in [2.24, 2.45) is 11.8 Å². The van der Waals surface area contributed by atoms with Crippen LogP contribution in [0.5, 0.6) is 0 Å². The fourth-order valence-corrected chi connectivity index (χ4v) is 3.64. The van der Waals surface area contributed by atoms with Crippen LogP contribution in [0.1, 0.15) is 43.6 Å². The van der Waals surface area contributed by atoms with E-state index in [1.165, 1.54) is 6.07 Å². The molecule has 130 valence electrons. The number of piperidine rings is 1. The lowest BCUT2D eigenvalue weighted by Gasteiger charge is -2.33. The van der Waals surface area contributed by atoms with Gasteiger partial charge in [0.05, 0.1) is 0 Å². The normalized spacial score (nSPS) is 26.2. The van der Waals surface area contributed by atoms with Crippen molar-refractivity contribution in [3.63, 3.8) is 0 Å². The topological polar surface area (TPSA) is 57.6 Å². The minimum Gasteiger partial charge on any atom is -0.481 e. The molecule has 4 nitrogen and oxygen atoms in total. The SMILES string of the molecule is O=C(O)CCC1CCCN(C(=O)C2CC2c2ccc(F)c(F)c2)C1. The quantitative estimate of drug-likeness (QED) is 0.898. The maximum atomic E-state index is 13.3. The zero-order valence-corrected chi connectivity index (χ0v) is 13.4. The molecule has 1 amide bonds. The molecule has 1 saturated heterocycles. The average molecular weight is 337 g/mol. The van der Waals surface area contributed by atoms with Crippen LogP contribution in [-0.2, 0) is 9.59 Å². The minimum absolute atomic E-state index is 0.0352. The first kappa shape index (κ1) is 16.9. The van der Waals surface area contributed by atoms with Crippen LogP contribution in [0, 0.1) is 23.5 Å². The lowest BCUT2D eigenvalue weighted by molar-refractivity contribution is -0.137. The monoisotopic (exact) mass is 337 g/mol. The summed E-state index contributed by atoms with van der Waals surface area (Å²) in [5.41, 5.74) is 0.673. The molecule has 3 unspecified atom stereocenters. The summed E-state index contributed by atoms with van der Waals surface area (Å²) in [6, 6.07) is 3.83. The van der Waals surface area contributed by atoms with E-state index in [0.29, 0.717) is 31.5 Å². The molecule has 1 aliphatic carbocycles. The number of carboxylic acid groups (broad SMARTS) is 1. The summed E-state index contributed by atoms with van der Waals surface area (Å²) in [7, 11) is 0. The van der Waals surface area contributed by atoms with Crippen LogP contribution < -0.4 is 0 Å². The Morgan fingerprint density at radius 3 is 2.75 bits per heavy atom. The Morgan fingerprint density at radius 1 is 1.25 bits per heavy atom. The number of aliphatic carboxylic acids is 1. The number of hydrogen-bond acceptors (Lipinski definition) is 2. The lowest BCUT2D eigenvalue weighted by Crippen LogP contribution is -2.41. The van der Waals surface area contributed by atoms with Gasteiger partial charge in [-0.2, -0.15) is 0 Å². The molecule has 24 heavy (non-hydrogen) atoms. The van der Waals surface area contributed by atoms with Gasteiger partial charge in [0.2, 0.25) is 5.91 Å². The van der Waals surface area contributed by atoms with Crippen molar-refractivity contribution >= 4 is 11.9 Å². The van der Waals surface area contributed by atoms with Crippen LogP contribution in [0.3, 0.4) is 0 Å². The second kappa shape index (κ2) is 6.87. The number of hydrogen-bond donors (Lipinski definition) is 1. The second-order valence-corrected chi connectivity index (χ2v) is 6.85. The van der Waals surface area contributed by atoms with Crippen molar-refractivity contribution in [1.82, 2.24) is 4.90 Å². The molecule has 0 aromatic heterocycles. The highest BCUT2D eigenvalue weighted by atomic mass is 19.2. The highest BCUT2D eigenvalue weighted by Crippen LogP contribution is 2.49. The summed E-state index contributed by atoms with van der Waals surface area (Å²) in [6.45, 7) is 1.30. The smallest absolute Gasteiger partial charge is 0.303 e. The van der Waals surface area contributed by atoms with Gasteiger partial charge in [-0.15, -0.1) is 0 Å². The van der Waals surface area contributed by atoms with Gasteiger partial charge in [0.25, 0.3) is 0 Å². The summed E-state index contributed by atoms with van der Waals surface area (Å²) in [5.74, 6) is -2.46. The molecule has 3 atom stereocenters. The fourth-order valence-electron chi connectivity index (χ4n) is 3.64. The van der Waals surface area contributed by atoms with Gasteiger partial charge in [0.1, 0.15) is 0 Å². The molecule has 0 spiro atoms. The van der Waals surface area contributed by atoms with E-state index in [4.69, 9.17) is 5.11 Å². The molecule has 1 aromatic carbocycles. The van der Waals surface area contributed by atoms with Crippen molar-refractivity contribution in [2.75, 3.05) is 13.1 Å². The van der Waals surface area contributed by atoms with Crippen molar-refractivity contribution in [1.29, 1.82) is 0 Å². The number of likely N-dealkylation sites (tertiary alicyclic amines) is 1. The van der Waals surface area contributed by atoms with Gasteiger partial charge >= 0.3 is 5.97 Å². The van der Waals surface area contributed by atoms with Crippen LogP contribution in [0.2, 0.25) is 0 Å². The predicted molar refractivity (Wildman–Crippen MR) is 83.4 cm³/mol. The van der Waals surface area contributed by atoms with Gasteiger partial charge < -0.3 is 10.0 Å². The molecule has 1 N–H and O–H groups in total. The average Bonchev–Trinajstić information content (AvgIpc) is 3.35. The Labute approximate surface area is 139 Å². The van der Waals surface area contributed by atoms with Gasteiger partial charge in [-0.05, 0) is 55.2 Å². The Hall–Kier alpha value is -1.98. The van der Waals surface area contributed by atoms with Crippen molar-refractivity contribution in [3.05, 3.63) is 35.4 Å². The number of rotatable bonds is 5. The Morgan fingerprint density at radius 2 is 2.04 bits per heavy atom. The van der Waals surface area contributed by atoms with E-state index in [1.807, 2.05) is 4.90 Å². The third-order valence-electron chi connectivity index (χ3n) is 5.08.